The van der Waals surface area contributed by atoms with Gasteiger partial charge < -0.3 is 10.2 Å². The summed E-state index contributed by atoms with van der Waals surface area (Å²) in [5.41, 5.74) is 1.24. The third kappa shape index (κ3) is 3.19. The van der Waals surface area contributed by atoms with E-state index in [0.717, 1.165) is 25.4 Å². The summed E-state index contributed by atoms with van der Waals surface area (Å²) in [6, 6.07) is 3.77. The summed E-state index contributed by atoms with van der Waals surface area (Å²) in [5.74, 6) is 0.821. The lowest BCUT2D eigenvalue weighted by Gasteiger charge is -2.20. The van der Waals surface area contributed by atoms with Gasteiger partial charge in [-0.1, -0.05) is 12.8 Å². The summed E-state index contributed by atoms with van der Waals surface area (Å²) in [5, 5.41) is 14.4. The van der Waals surface area contributed by atoms with Gasteiger partial charge >= 0.3 is 0 Å². The molecule has 4 rings (SSSR count). The van der Waals surface area contributed by atoms with Crippen LogP contribution in [0.2, 0.25) is 0 Å². The highest BCUT2D eigenvalue weighted by molar-refractivity contribution is 5.94. The predicted molar refractivity (Wildman–Crippen MR) is 85.1 cm³/mol. The standard InChI is InChI=1S/C16H22N6O/c23-16(13-5-6-15-18-19-20-22(15)10-13)17-14-7-8-21(11-14)9-12-3-1-2-4-12/h5-6,10,12,14H,1-4,7-9,11H2,(H,17,23)/t14-/m1/s1. The molecule has 2 aromatic rings. The van der Waals surface area contributed by atoms with Crippen molar-refractivity contribution in [1.29, 1.82) is 0 Å². The number of likely N-dealkylation sites (tertiary alicyclic amines) is 1. The van der Waals surface area contributed by atoms with Crippen molar-refractivity contribution in [3.63, 3.8) is 0 Å². The topological polar surface area (TPSA) is 75.4 Å². The molecule has 1 N–H and O–H groups in total. The molecular weight excluding hydrogens is 292 g/mol. The van der Waals surface area contributed by atoms with Gasteiger partial charge in [-0.2, -0.15) is 4.52 Å². The van der Waals surface area contributed by atoms with E-state index in [0.29, 0.717) is 11.2 Å². The molecule has 0 radical (unpaired) electrons. The molecule has 1 aliphatic heterocycles. The largest absolute Gasteiger partial charge is 0.348 e. The molecule has 23 heavy (non-hydrogen) atoms. The van der Waals surface area contributed by atoms with Crippen LogP contribution in [-0.4, -0.2) is 56.5 Å². The molecule has 2 fully saturated rings. The van der Waals surface area contributed by atoms with Crippen LogP contribution in [-0.2, 0) is 0 Å². The first-order valence-electron chi connectivity index (χ1n) is 8.49. The van der Waals surface area contributed by atoms with E-state index in [-0.39, 0.29) is 11.9 Å². The molecule has 2 aromatic heterocycles. The minimum absolute atomic E-state index is 0.0462. The highest BCUT2D eigenvalue weighted by Gasteiger charge is 2.27. The van der Waals surface area contributed by atoms with Crippen molar-refractivity contribution in [1.82, 2.24) is 30.3 Å². The van der Waals surface area contributed by atoms with Gasteiger partial charge in [0.25, 0.3) is 5.91 Å². The second-order valence-corrected chi connectivity index (χ2v) is 6.77. The molecule has 1 saturated heterocycles. The van der Waals surface area contributed by atoms with Crippen LogP contribution in [0.5, 0.6) is 0 Å². The summed E-state index contributed by atoms with van der Waals surface area (Å²) in [4.78, 5) is 14.9. The van der Waals surface area contributed by atoms with Gasteiger partial charge in [-0.05, 0) is 47.7 Å². The average molecular weight is 314 g/mol. The summed E-state index contributed by atoms with van der Waals surface area (Å²) < 4.78 is 1.52. The molecule has 1 aliphatic carbocycles. The average Bonchev–Trinajstić information content (AvgIpc) is 3.28. The van der Waals surface area contributed by atoms with E-state index in [4.69, 9.17) is 0 Å². The molecule has 3 heterocycles. The number of tetrazole rings is 1. The lowest BCUT2D eigenvalue weighted by atomic mass is 10.1. The maximum Gasteiger partial charge on any atom is 0.253 e. The van der Waals surface area contributed by atoms with E-state index in [2.05, 4.69) is 25.7 Å². The molecule has 122 valence electrons. The number of fused-ring (bicyclic) bond motifs is 1. The van der Waals surface area contributed by atoms with Crippen LogP contribution in [0, 0.1) is 5.92 Å². The zero-order valence-corrected chi connectivity index (χ0v) is 13.2. The number of carbonyl (C=O) groups excluding carboxylic acids is 1. The Balaban J connectivity index is 1.33. The van der Waals surface area contributed by atoms with E-state index in [1.807, 2.05) is 0 Å². The van der Waals surface area contributed by atoms with E-state index in [1.165, 1.54) is 36.7 Å². The molecule has 0 bridgehead atoms. The fraction of sp³-hybridized carbons (Fsp3) is 0.625. The number of hydrogen-bond donors (Lipinski definition) is 1. The maximum absolute atomic E-state index is 12.4. The van der Waals surface area contributed by atoms with Crippen molar-refractivity contribution in [3.05, 3.63) is 23.9 Å². The van der Waals surface area contributed by atoms with Gasteiger partial charge in [0.15, 0.2) is 5.65 Å². The van der Waals surface area contributed by atoms with Crippen LogP contribution in [0.25, 0.3) is 5.65 Å². The first kappa shape index (κ1) is 14.6. The highest BCUT2D eigenvalue weighted by atomic mass is 16.1. The van der Waals surface area contributed by atoms with Gasteiger partial charge in [0.2, 0.25) is 0 Å². The van der Waals surface area contributed by atoms with Crippen LogP contribution in [0.1, 0.15) is 42.5 Å². The zero-order valence-electron chi connectivity index (χ0n) is 13.2. The van der Waals surface area contributed by atoms with Gasteiger partial charge in [0.1, 0.15) is 0 Å². The summed E-state index contributed by atoms with van der Waals surface area (Å²) in [6.07, 6.45) is 8.23. The summed E-state index contributed by atoms with van der Waals surface area (Å²) in [6.45, 7) is 3.26. The minimum Gasteiger partial charge on any atom is -0.348 e. The van der Waals surface area contributed by atoms with Crippen molar-refractivity contribution in [2.24, 2.45) is 5.92 Å². The Hall–Kier alpha value is -2.02. The Morgan fingerprint density at radius 1 is 1.26 bits per heavy atom. The molecule has 0 spiro atoms. The number of carbonyl (C=O) groups is 1. The fourth-order valence-corrected chi connectivity index (χ4v) is 3.82. The molecule has 1 saturated carbocycles. The van der Waals surface area contributed by atoms with Gasteiger partial charge in [0.05, 0.1) is 5.56 Å². The zero-order chi connectivity index (χ0) is 15.6. The second kappa shape index (κ2) is 6.23. The van der Waals surface area contributed by atoms with Crippen molar-refractivity contribution < 1.29 is 4.79 Å². The van der Waals surface area contributed by atoms with E-state index in [9.17, 15) is 4.79 Å². The molecule has 1 amide bonds. The number of amides is 1. The number of nitrogens with one attached hydrogen (secondary N) is 1. The van der Waals surface area contributed by atoms with Crippen LogP contribution in [0.3, 0.4) is 0 Å². The van der Waals surface area contributed by atoms with Crippen LogP contribution < -0.4 is 5.32 Å². The van der Waals surface area contributed by atoms with Gasteiger partial charge in [0, 0.05) is 31.9 Å². The Labute approximate surface area is 135 Å². The Morgan fingerprint density at radius 2 is 2.13 bits per heavy atom. The quantitative estimate of drug-likeness (QED) is 0.915. The SMILES string of the molecule is O=C(N[C@@H]1CCN(CC2CCCC2)C1)c1ccc2nnnn2c1. The lowest BCUT2D eigenvalue weighted by molar-refractivity contribution is 0.0937. The van der Waals surface area contributed by atoms with Crippen molar-refractivity contribution in [2.45, 2.75) is 38.1 Å². The van der Waals surface area contributed by atoms with E-state index < -0.39 is 0 Å². The van der Waals surface area contributed by atoms with Gasteiger partial charge in [-0.25, -0.2) is 0 Å². The first-order chi connectivity index (χ1) is 11.3. The number of hydrogen-bond acceptors (Lipinski definition) is 5. The smallest absolute Gasteiger partial charge is 0.253 e. The molecule has 1 atom stereocenters. The first-order valence-corrected chi connectivity index (χ1v) is 8.49. The van der Waals surface area contributed by atoms with Gasteiger partial charge in [-0.3, -0.25) is 4.79 Å². The number of aromatic nitrogens is 4. The monoisotopic (exact) mass is 314 g/mol. The van der Waals surface area contributed by atoms with E-state index >= 15 is 0 Å². The van der Waals surface area contributed by atoms with Crippen LogP contribution >= 0.6 is 0 Å². The van der Waals surface area contributed by atoms with Crippen LogP contribution in [0.4, 0.5) is 0 Å². The lowest BCUT2D eigenvalue weighted by Crippen LogP contribution is -2.37. The molecular formula is C16H22N6O. The number of nitrogens with zero attached hydrogens (tertiary/aromatic N) is 5. The van der Waals surface area contributed by atoms with Crippen LogP contribution in [0.15, 0.2) is 18.3 Å². The summed E-state index contributed by atoms with van der Waals surface area (Å²) in [7, 11) is 0. The van der Waals surface area contributed by atoms with E-state index in [1.54, 1.807) is 18.3 Å². The normalized spacial score (nSPS) is 22.9. The molecule has 0 aromatic carbocycles. The van der Waals surface area contributed by atoms with Crippen molar-refractivity contribution >= 4 is 11.6 Å². The van der Waals surface area contributed by atoms with Crippen molar-refractivity contribution in [3.8, 4) is 0 Å². The predicted octanol–water partition coefficient (Wildman–Crippen LogP) is 1.12. The minimum atomic E-state index is -0.0462. The Bertz CT molecular complexity index is 693. The Morgan fingerprint density at radius 3 is 3.00 bits per heavy atom. The van der Waals surface area contributed by atoms with Gasteiger partial charge in [-0.15, -0.1) is 5.10 Å². The summed E-state index contributed by atoms with van der Waals surface area (Å²) >= 11 is 0. The molecule has 0 unspecified atom stereocenters. The fourth-order valence-electron chi connectivity index (χ4n) is 3.82. The maximum atomic E-state index is 12.4. The number of pyridine rings is 1. The Kier molecular flexibility index (Phi) is 3.95. The third-order valence-electron chi connectivity index (χ3n) is 5.05. The molecule has 7 nitrogen and oxygen atoms in total. The molecule has 2 aliphatic rings. The van der Waals surface area contributed by atoms with Crippen molar-refractivity contribution in [2.75, 3.05) is 19.6 Å². The highest BCUT2D eigenvalue weighted by Crippen LogP contribution is 2.26. The third-order valence-corrected chi connectivity index (χ3v) is 5.05. The second-order valence-electron chi connectivity index (χ2n) is 6.77. The number of rotatable bonds is 4. The molecule has 7 heteroatoms.